The Bertz CT molecular complexity index is 1420. The largest absolute Gasteiger partial charge is 0.485 e. The number of hydrogen-bond acceptors (Lipinski definition) is 7. The average Bonchev–Trinajstić information content (AvgIpc) is 3.30. The van der Waals surface area contributed by atoms with Crippen LogP contribution in [0.1, 0.15) is 16.7 Å². The molecule has 0 saturated carbocycles. The minimum Gasteiger partial charge on any atom is -0.485 e. The molecule has 0 fully saturated rings. The lowest BCUT2D eigenvalue weighted by Crippen LogP contribution is -2.55. The van der Waals surface area contributed by atoms with E-state index in [4.69, 9.17) is 22.1 Å². The molecule has 1 aromatic heterocycles. The summed E-state index contributed by atoms with van der Waals surface area (Å²) in [6, 6.07) is 18.7. The molecule has 9 nitrogen and oxygen atoms in total. The van der Waals surface area contributed by atoms with Crippen molar-refractivity contribution in [2.75, 3.05) is 18.4 Å². The predicted octanol–water partition coefficient (Wildman–Crippen LogP) is 3.17. The smallest absolute Gasteiger partial charge is 0.269 e. The van der Waals surface area contributed by atoms with Crippen LogP contribution >= 0.6 is 11.6 Å². The van der Waals surface area contributed by atoms with Crippen molar-refractivity contribution in [3.63, 3.8) is 0 Å². The first-order chi connectivity index (χ1) is 17.9. The Morgan fingerprint density at radius 3 is 2.73 bits per heavy atom. The number of fused-ring (bicyclic) bond motifs is 1. The zero-order valence-electron chi connectivity index (χ0n) is 20.1. The number of aromatic nitrogens is 1. The molecule has 5 rings (SSSR count). The minimum atomic E-state index is -1.58. The van der Waals surface area contributed by atoms with Crippen molar-refractivity contribution in [3.05, 3.63) is 106 Å². The van der Waals surface area contributed by atoms with Gasteiger partial charge in [0.1, 0.15) is 11.9 Å². The molecule has 1 amide bonds. The lowest BCUT2D eigenvalue weighted by Gasteiger charge is -2.29. The highest BCUT2D eigenvalue weighted by molar-refractivity contribution is 6.17. The average molecular weight is 519 g/mol. The van der Waals surface area contributed by atoms with E-state index in [0.717, 1.165) is 22.4 Å². The van der Waals surface area contributed by atoms with Gasteiger partial charge in [-0.1, -0.05) is 36.4 Å². The molecule has 0 saturated heterocycles. The third-order valence-electron chi connectivity index (χ3n) is 6.44. The summed E-state index contributed by atoms with van der Waals surface area (Å²) >= 11 is 5.93. The van der Waals surface area contributed by atoms with Gasteiger partial charge in [-0.2, -0.15) is 10.2 Å². The second-order valence-corrected chi connectivity index (χ2v) is 9.36. The van der Waals surface area contributed by atoms with Crippen LogP contribution in [0.2, 0.25) is 0 Å². The fourth-order valence-corrected chi connectivity index (χ4v) is 4.45. The van der Waals surface area contributed by atoms with Crippen LogP contribution < -0.4 is 26.7 Å². The topological polar surface area (TPSA) is 123 Å². The Kier molecular flexibility index (Phi) is 7.07. The third-order valence-corrected chi connectivity index (χ3v) is 6.75. The van der Waals surface area contributed by atoms with Gasteiger partial charge in [-0.15, -0.1) is 11.6 Å². The second kappa shape index (κ2) is 10.6. The van der Waals surface area contributed by atoms with Gasteiger partial charge in [0.2, 0.25) is 5.66 Å². The molecule has 3 aromatic rings. The number of pyridine rings is 1. The van der Waals surface area contributed by atoms with E-state index in [2.05, 4.69) is 20.9 Å². The number of nitrogens with two attached hydrogens (primary N) is 1. The standard InChI is InChI=1S/C27H27ClN6O3/c28-13-20-8-9-23-24(12-20)37-22(15-30-23)16-31-26(36)27(29)21(14-32-33-27)11-18-4-6-19(7-5-18)17-34-10-2-1-3-25(34)35/h1-10,12,14,22,30H,11,13,15-17,29H2,(H,31,36). The van der Waals surface area contributed by atoms with Crippen LogP contribution in [0.5, 0.6) is 5.75 Å². The number of carbonyl (C=O) groups excluding carboxylic acids is 1. The van der Waals surface area contributed by atoms with E-state index in [1.165, 1.54) is 6.07 Å². The summed E-state index contributed by atoms with van der Waals surface area (Å²) in [7, 11) is 0. The van der Waals surface area contributed by atoms with Gasteiger partial charge in [-0.05, 0) is 41.3 Å². The van der Waals surface area contributed by atoms with Gasteiger partial charge >= 0.3 is 0 Å². The molecular weight excluding hydrogens is 492 g/mol. The molecule has 0 aliphatic carbocycles. The van der Waals surface area contributed by atoms with Gasteiger partial charge in [0.05, 0.1) is 31.5 Å². The second-order valence-electron chi connectivity index (χ2n) is 9.09. The fourth-order valence-electron chi connectivity index (χ4n) is 4.29. The Labute approximate surface area is 219 Å². The molecule has 4 N–H and O–H groups in total. The molecule has 0 bridgehead atoms. The van der Waals surface area contributed by atoms with Crippen LogP contribution in [0.25, 0.3) is 0 Å². The maximum Gasteiger partial charge on any atom is 0.269 e. The molecular formula is C27H27ClN6O3. The van der Waals surface area contributed by atoms with E-state index in [1.807, 2.05) is 48.5 Å². The molecule has 2 aromatic carbocycles. The molecule has 3 heterocycles. The number of anilines is 1. The number of azo groups is 1. The van der Waals surface area contributed by atoms with Gasteiger partial charge in [0.25, 0.3) is 11.5 Å². The van der Waals surface area contributed by atoms with Crippen molar-refractivity contribution in [1.82, 2.24) is 9.88 Å². The van der Waals surface area contributed by atoms with E-state index in [-0.39, 0.29) is 18.2 Å². The monoisotopic (exact) mass is 518 g/mol. The molecule has 2 aliphatic heterocycles. The summed E-state index contributed by atoms with van der Waals surface area (Å²) in [5, 5.41) is 14.2. The molecule has 10 heteroatoms. The Balaban J connectivity index is 1.18. The molecule has 0 radical (unpaired) electrons. The summed E-state index contributed by atoms with van der Waals surface area (Å²) in [5.41, 5.74) is 9.18. The highest BCUT2D eigenvalue weighted by Gasteiger charge is 2.41. The van der Waals surface area contributed by atoms with Crippen LogP contribution in [0.3, 0.4) is 0 Å². The number of ether oxygens (including phenoxy) is 1. The molecule has 0 spiro atoms. The van der Waals surface area contributed by atoms with Crippen molar-refractivity contribution in [2.24, 2.45) is 16.0 Å². The number of halogens is 1. The van der Waals surface area contributed by atoms with E-state index >= 15 is 0 Å². The number of rotatable bonds is 8. The Morgan fingerprint density at radius 2 is 1.95 bits per heavy atom. The summed E-state index contributed by atoms with van der Waals surface area (Å²) in [6.45, 7) is 1.27. The van der Waals surface area contributed by atoms with E-state index < -0.39 is 11.6 Å². The summed E-state index contributed by atoms with van der Waals surface area (Å²) in [4.78, 5) is 25.0. The van der Waals surface area contributed by atoms with Crippen LogP contribution in [0, 0.1) is 0 Å². The van der Waals surface area contributed by atoms with Crippen LogP contribution in [-0.2, 0) is 23.6 Å². The van der Waals surface area contributed by atoms with Gasteiger partial charge < -0.3 is 19.9 Å². The number of amides is 1. The summed E-state index contributed by atoms with van der Waals surface area (Å²) < 4.78 is 7.68. The Morgan fingerprint density at radius 1 is 1.16 bits per heavy atom. The highest BCUT2D eigenvalue weighted by atomic mass is 35.5. The number of nitrogens with one attached hydrogen (secondary N) is 2. The van der Waals surface area contributed by atoms with Crippen molar-refractivity contribution < 1.29 is 9.53 Å². The van der Waals surface area contributed by atoms with Gasteiger partial charge in [0.15, 0.2) is 0 Å². The number of benzene rings is 2. The quantitative estimate of drug-likeness (QED) is 0.395. The van der Waals surface area contributed by atoms with Crippen LogP contribution in [0.15, 0.2) is 93.7 Å². The lowest BCUT2D eigenvalue weighted by molar-refractivity contribution is -0.125. The van der Waals surface area contributed by atoms with Crippen LogP contribution in [-0.4, -0.2) is 35.3 Å². The van der Waals surface area contributed by atoms with Gasteiger partial charge in [-0.25, -0.2) is 0 Å². The molecule has 37 heavy (non-hydrogen) atoms. The maximum absolute atomic E-state index is 13.1. The zero-order chi connectivity index (χ0) is 25.8. The first-order valence-electron chi connectivity index (χ1n) is 12.0. The fraction of sp³-hybridized carbons (Fsp3) is 0.259. The number of carbonyl (C=O) groups is 1. The molecule has 190 valence electrons. The van der Waals surface area contributed by atoms with Crippen molar-refractivity contribution in [1.29, 1.82) is 0 Å². The van der Waals surface area contributed by atoms with Crippen molar-refractivity contribution >= 4 is 23.2 Å². The highest BCUT2D eigenvalue weighted by Crippen LogP contribution is 2.31. The van der Waals surface area contributed by atoms with Gasteiger partial charge in [0, 0.05) is 23.7 Å². The SMILES string of the molecule is NC1(C(=O)NCC2CNc3ccc(CCl)cc3O2)N=NC=C1Cc1ccc(Cn2ccccc2=O)cc1. The van der Waals surface area contributed by atoms with Crippen molar-refractivity contribution in [3.8, 4) is 5.75 Å². The van der Waals surface area contributed by atoms with E-state index in [1.54, 1.807) is 23.0 Å². The van der Waals surface area contributed by atoms with Crippen LogP contribution in [0.4, 0.5) is 5.69 Å². The van der Waals surface area contributed by atoms with E-state index in [0.29, 0.717) is 36.7 Å². The maximum atomic E-state index is 13.1. The number of hydrogen-bond donors (Lipinski definition) is 3. The summed E-state index contributed by atoms with van der Waals surface area (Å²) in [5.74, 6) is 0.653. The molecule has 2 aliphatic rings. The first-order valence-corrected chi connectivity index (χ1v) is 12.5. The summed E-state index contributed by atoms with van der Waals surface area (Å²) in [6.07, 6.45) is 3.44. The lowest BCUT2D eigenvalue weighted by atomic mass is 9.94. The van der Waals surface area contributed by atoms with Crippen molar-refractivity contribution in [2.45, 2.75) is 30.6 Å². The van der Waals surface area contributed by atoms with Gasteiger partial charge in [-0.3, -0.25) is 15.3 Å². The van der Waals surface area contributed by atoms with E-state index in [9.17, 15) is 9.59 Å². The predicted molar refractivity (Wildman–Crippen MR) is 142 cm³/mol. The first kappa shape index (κ1) is 24.7. The molecule has 2 atom stereocenters. The minimum absolute atomic E-state index is 0.0523. The normalized spacial score (nSPS) is 19.9. The molecule has 2 unspecified atom stereocenters. The number of nitrogens with zero attached hydrogens (tertiary/aromatic N) is 3. The number of alkyl halides is 1. The Hall–Kier alpha value is -3.95. The third kappa shape index (κ3) is 5.42. The zero-order valence-corrected chi connectivity index (χ0v) is 20.8.